The molecule has 0 heterocycles. The number of hydrogen-bond donors (Lipinski definition) is 1. The first-order valence-electron chi connectivity index (χ1n) is 6.75. The van der Waals surface area contributed by atoms with Gasteiger partial charge in [-0.3, -0.25) is 0 Å². The molecule has 0 radical (unpaired) electrons. The molecule has 1 saturated carbocycles. The van der Waals surface area contributed by atoms with E-state index in [-0.39, 0.29) is 0 Å². The summed E-state index contributed by atoms with van der Waals surface area (Å²) < 4.78 is 0. The largest absolute Gasteiger partial charge is 0.328 e. The normalized spacial score (nSPS) is 25.1. The Hall–Kier alpha value is -0.860. The van der Waals surface area contributed by atoms with E-state index in [1.165, 1.54) is 31.2 Å². The minimum atomic E-state index is 0.453. The van der Waals surface area contributed by atoms with Crippen molar-refractivity contribution in [1.82, 2.24) is 4.90 Å². The topological polar surface area (TPSA) is 29.3 Å². The number of nitrogens with two attached hydrogens (primary N) is 1. The van der Waals surface area contributed by atoms with Gasteiger partial charge in [0.05, 0.1) is 0 Å². The third kappa shape index (κ3) is 3.83. The van der Waals surface area contributed by atoms with Crippen molar-refractivity contribution in [1.29, 1.82) is 0 Å². The Morgan fingerprint density at radius 3 is 2.41 bits per heavy atom. The second-order valence-corrected chi connectivity index (χ2v) is 5.28. The summed E-state index contributed by atoms with van der Waals surface area (Å²) in [4.78, 5) is 2.51. The highest BCUT2D eigenvalue weighted by atomic mass is 15.1. The van der Waals surface area contributed by atoms with Crippen molar-refractivity contribution in [2.75, 3.05) is 13.6 Å². The van der Waals surface area contributed by atoms with Crippen molar-refractivity contribution in [3.8, 4) is 0 Å². The first-order chi connectivity index (χ1) is 8.25. The van der Waals surface area contributed by atoms with E-state index < -0.39 is 0 Å². The van der Waals surface area contributed by atoms with Crippen molar-refractivity contribution in [3.05, 3.63) is 35.9 Å². The molecule has 2 heteroatoms. The Kier molecular flexibility index (Phi) is 4.57. The number of rotatable bonds is 4. The van der Waals surface area contributed by atoms with Gasteiger partial charge in [0, 0.05) is 18.6 Å². The molecule has 0 aliphatic heterocycles. The smallest absolute Gasteiger partial charge is 0.00934 e. The van der Waals surface area contributed by atoms with Gasteiger partial charge in [-0.05, 0) is 44.7 Å². The molecule has 1 aliphatic rings. The first-order valence-corrected chi connectivity index (χ1v) is 6.75. The summed E-state index contributed by atoms with van der Waals surface area (Å²) in [7, 11) is 2.25. The van der Waals surface area contributed by atoms with Crippen LogP contribution in [0.4, 0.5) is 0 Å². The lowest BCUT2D eigenvalue weighted by Gasteiger charge is -2.33. The van der Waals surface area contributed by atoms with E-state index in [2.05, 4.69) is 42.3 Å². The molecule has 1 aromatic carbocycles. The van der Waals surface area contributed by atoms with Crippen LogP contribution in [-0.4, -0.2) is 30.6 Å². The van der Waals surface area contributed by atoms with Crippen LogP contribution >= 0.6 is 0 Å². The van der Waals surface area contributed by atoms with Gasteiger partial charge in [-0.15, -0.1) is 0 Å². The number of hydrogen-bond acceptors (Lipinski definition) is 2. The molecular formula is C15H24N2. The maximum absolute atomic E-state index is 5.94. The van der Waals surface area contributed by atoms with E-state index >= 15 is 0 Å². The lowest BCUT2D eigenvalue weighted by atomic mass is 9.91. The Bertz CT molecular complexity index is 315. The fourth-order valence-electron chi connectivity index (χ4n) is 2.68. The van der Waals surface area contributed by atoms with Crippen LogP contribution in [0, 0.1) is 0 Å². The summed E-state index contributed by atoms with van der Waals surface area (Å²) in [6.45, 7) is 1.16. The quantitative estimate of drug-likeness (QED) is 0.864. The summed E-state index contributed by atoms with van der Waals surface area (Å²) in [5, 5.41) is 0. The van der Waals surface area contributed by atoms with E-state index in [9.17, 15) is 0 Å². The lowest BCUT2D eigenvalue weighted by molar-refractivity contribution is 0.185. The highest BCUT2D eigenvalue weighted by Crippen LogP contribution is 2.21. The summed E-state index contributed by atoms with van der Waals surface area (Å²) in [6, 6.07) is 11.9. The molecule has 1 fully saturated rings. The molecule has 0 saturated heterocycles. The highest BCUT2D eigenvalue weighted by Gasteiger charge is 2.21. The van der Waals surface area contributed by atoms with Crippen LogP contribution in [0.2, 0.25) is 0 Å². The van der Waals surface area contributed by atoms with Crippen LogP contribution in [0.1, 0.15) is 31.2 Å². The van der Waals surface area contributed by atoms with E-state index in [0.717, 1.165) is 19.0 Å². The molecule has 0 spiro atoms. The molecular weight excluding hydrogens is 208 g/mol. The average molecular weight is 232 g/mol. The second kappa shape index (κ2) is 6.18. The number of nitrogens with zero attached hydrogens (tertiary/aromatic N) is 1. The van der Waals surface area contributed by atoms with E-state index in [1.807, 2.05) is 0 Å². The van der Waals surface area contributed by atoms with Gasteiger partial charge in [0.15, 0.2) is 0 Å². The van der Waals surface area contributed by atoms with E-state index in [0.29, 0.717) is 6.04 Å². The number of benzene rings is 1. The lowest BCUT2D eigenvalue weighted by Crippen LogP contribution is -2.39. The molecule has 2 N–H and O–H groups in total. The van der Waals surface area contributed by atoms with Gasteiger partial charge in [-0.25, -0.2) is 0 Å². The van der Waals surface area contributed by atoms with Gasteiger partial charge in [0.25, 0.3) is 0 Å². The monoisotopic (exact) mass is 232 g/mol. The van der Waals surface area contributed by atoms with Gasteiger partial charge in [0.2, 0.25) is 0 Å². The molecule has 2 nitrogen and oxygen atoms in total. The first kappa shape index (κ1) is 12.6. The predicted molar refractivity (Wildman–Crippen MR) is 73.0 cm³/mol. The van der Waals surface area contributed by atoms with Crippen LogP contribution in [0.25, 0.3) is 0 Å². The molecule has 2 rings (SSSR count). The molecule has 94 valence electrons. The van der Waals surface area contributed by atoms with E-state index in [1.54, 1.807) is 0 Å². The minimum Gasteiger partial charge on any atom is -0.328 e. The molecule has 1 aromatic rings. The molecule has 0 unspecified atom stereocenters. The Labute approximate surface area is 105 Å². The zero-order valence-corrected chi connectivity index (χ0v) is 10.8. The Morgan fingerprint density at radius 1 is 1.12 bits per heavy atom. The standard InChI is InChI=1S/C15H24N2/c1-17(15-9-7-14(16)8-10-15)12-11-13-5-3-2-4-6-13/h2-6,14-15H,7-12,16H2,1H3. The fourth-order valence-corrected chi connectivity index (χ4v) is 2.68. The third-order valence-corrected chi connectivity index (χ3v) is 3.96. The Morgan fingerprint density at radius 2 is 1.76 bits per heavy atom. The van der Waals surface area contributed by atoms with Crippen LogP contribution < -0.4 is 5.73 Å². The fraction of sp³-hybridized carbons (Fsp3) is 0.600. The molecule has 17 heavy (non-hydrogen) atoms. The van der Waals surface area contributed by atoms with Crippen LogP contribution in [0.15, 0.2) is 30.3 Å². The molecule has 0 bridgehead atoms. The van der Waals surface area contributed by atoms with E-state index in [4.69, 9.17) is 5.73 Å². The van der Waals surface area contributed by atoms with Crippen LogP contribution in [-0.2, 0) is 6.42 Å². The summed E-state index contributed by atoms with van der Waals surface area (Å²) in [6.07, 6.45) is 6.08. The van der Waals surface area contributed by atoms with Crippen molar-refractivity contribution < 1.29 is 0 Å². The van der Waals surface area contributed by atoms with Crippen molar-refractivity contribution >= 4 is 0 Å². The number of likely N-dealkylation sites (N-methyl/N-ethyl adjacent to an activating group) is 1. The summed E-state index contributed by atoms with van der Waals surface area (Å²) >= 11 is 0. The van der Waals surface area contributed by atoms with Gasteiger partial charge in [0.1, 0.15) is 0 Å². The highest BCUT2D eigenvalue weighted by molar-refractivity contribution is 5.14. The maximum Gasteiger partial charge on any atom is 0.00934 e. The SMILES string of the molecule is CN(CCc1ccccc1)C1CCC(N)CC1. The molecule has 0 amide bonds. The summed E-state index contributed by atoms with van der Waals surface area (Å²) in [5.74, 6) is 0. The molecule has 0 aromatic heterocycles. The van der Waals surface area contributed by atoms with Gasteiger partial charge >= 0.3 is 0 Å². The minimum absolute atomic E-state index is 0.453. The van der Waals surface area contributed by atoms with Gasteiger partial charge in [-0.1, -0.05) is 30.3 Å². The average Bonchev–Trinajstić information content (AvgIpc) is 2.38. The Balaban J connectivity index is 1.75. The van der Waals surface area contributed by atoms with Gasteiger partial charge in [-0.2, -0.15) is 0 Å². The maximum atomic E-state index is 5.94. The zero-order valence-electron chi connectivity index (χ0n) is 10.8. The van der Waals surface area contributed by atoms with Gasteiger partial charge < -0.3 is 10.6 Å². The van der Waals surface area contributed by atoms with Crippen molar-refractivity contribution in [2.45, 2.75) is 44.2 Å². The predicted octanol–water partition coefficient (Wildman–Crippen LogP) is 2.43. The third-order valence-electron chi connectivity index (χ3n) is 3.96. The molecule has 0 atom stereocenters. The summed E-state index contributed by atoms with van der Waals surface area (Å²) in [5.41, 5.74) is 7.38. The second-order valence-electron chi connectivity index (χ2n) is 5.28. The van der Waals surface area contributed by atoms with Crippen LogP contribution in [0.5, 0.6) is 0 Å². The van der Waals surface area contributed by atoms with Crippen LogP contribution in [0.3, 0.4) is 0 Å². The van der Waals surface area contributed by atoms with Crippen molar-refractivity contribution in [3.63, 3.8) is 0 Å². The zero-order chi connectivity index (χ0) is 12.1. The van der Waals surface area contributed by atoms with Crippen molar-refractivity contribution in [2.24, 2.45) is 5.73 Å². The molecule has 1 aliphatic carbocycles.